The van der Waals surface area contributed by atoms with Crippen molar-refractivity contribution < 1.29 is 18.3 Å². The van der Waals surface area contributed by atoms with Gasteiger partial charge in [0.15, 0.2) is 0 Å². The molecule has 4 rings (SSSR count). The minimum Gasteiger partial charge on any atom is -0.481 e. The quantitative estimate of drug-likeness (QED) is 0.414. The van der Waals surface area contributed by atoms with Crippen LogP contribution >= 0.6 is 11.8 Å². The number of sulfonamides is 1. The number of hydrogen-bond acceptors (Lipinski definition) is 4. The highest BCUT2D eigenvalue weighted by atomic mass is 32.2. The van der Waals surface area contributed by atoms with Gasteiger partial charge in [-0.3, -0.25) is 4.79 Å². The summed E-state index contributed by atoms with van der Waals surface area (Å²) < 4.78 is 29.6. The summed E-state index contributed by atoms with van der Waals surface area (Å²) in [6.07, 6.45) is 0.518. The van der Waals surface area contributed by atoms with Crippen molar-refractivity contribution in [2.24, 2.45) is 5.92 Å². The molecule has 1 fully saturated rings. The van der Waals surface area contributed by atoms with Crippen molar-refractivity contribution in [3.8, 4) is 0 Å². The van der Waals surface area contributed by atoms with Crippen LogP contribution in [-0.2, 0) is 20.6 Å². The van der Waals surface area contributed by atoms with E-state index in [4.69, 9.17) is 0 Å². The minimum atomic E-state index is -3.95. The van der Waals surface area contributed by atoms with Crippen LogP contribution in [-0.4, -0.2) is 35.1 Å². The lowest BCUT2D eigenvalue weighted by Crippen LogP contribution is -2.39. The Morgan fingerprint density at radius 3 is 2.03 bits per heavy atom. The van der Waals surface area contributed by atoms with Gasteiger partial charge in [-0.15, -0.1) is 0 Å². The first-order chi connectivity index (χ1) is 16.7. The van der Waals surface area contributed by atoms with Crippen LogP contribution in [0.15, 0.2) is 83.8 Å². The zero-order valence-electron chi connectivity index (χ0n) is 20.2. The highest BCUT2D eigenvalue weighted by molar-refractivity contribution is 7.99. The molecule has 1 aliphatic rings. The fourth-order valence-corrected chi connectivity index (χ4v) is 8.46. The number of aliphatic carboxylic acids is 1. The third-order valence-electron chi connectivity index (χ3n) is 6.68. The first kappa shape index (κ1) is 25.5. The number of hydrogen-bond donors (Lipinski definition) is 1. The first-order valence-electron chi connectivity index (χ1n) is 11.8. The van der Waals surface area contributed by atoms with Gasteiger partial charge in [-0.2, -0.15) is 16.1 Å². The maximum Gasteiger partial charge on any atom is 0.309 e. The molecule has 3 aromatic carbocycles. The Morgan fingerprint density at radius 2 is 1.49 bits per heavy atom. The lowest BCUT2D eigenvalue weighted by atomic mass is 9.92. The van der Waals surface area contributed by atoms with Gasteiger partial charge < -0.3 is 5.11 Å². The topological polar surface area (TPSA) is 74.7 Å². The van der Waals surface area contributed by atoms with Crippen molar-refractivity contribution in [2.75, 3.05) is 0 Å². The van der Waals surface area contributed by atoms with E-state index in [0.717, 1.165) is 16.7 Å². The number of carboxylic acids is 1. The highest BCUT2D eigenvalue weighted by Gasteiger charge is 2.56. The van der Waals surface area contributed by atoms with Gasteiger partial charge >= 0.3 is 5.97 Å². The predicted molar refractivity (Wildman–Crippen MR) is 141 cm³/mol. The van der Waals surface area contributed by atoms with Gasteiger partial charge in [-0.1, -0.05) is 84.8 Å². The number of rotatable bonds is 8. The molecule has 0 radical (unpaired) electrons. The molecule has 35 heavy (non-hydrogen) atoms. The SMILES string of the molecule is CC[C@@H]1[C@@H](SCc2ccccc2)[C@@H](C(=O)O)[C@H](c2ccc(C)cc2)N1S(=O)(=O)c1ccc(C)cc1. The number of aryl methyl sites for hydroxylation is 2. The molecule has 0 amide bonds. The third kappa shape index (κ3) is 5.17. The molecule has 184 valence electrons. The molecule has 1 aliphatic heterocycles. The summed E-state index contributed by atoms with van der Waals surface area (Å²) >= 11 is 1.54. The number of carboxylic acid groups (broad SMARTS) is 1. The molecule has 0 bridgehead atoms. The first-order valence-corrected chi connectivity index (χ1v) is 14.3. The second kappa shape index (κ2) is 10.6. The molecular weight excluding hydrogens is 478 g/mol. The molecule has 7 heteroatoms. The second-order valence-corrected chi connectivity index (χ2v) is 12.1. The molecule has 1 saturated heterocycles. The van der Waals surface area contributed by atoms with E-state index >= 15 is 0 Å². The molecule has 1 heterocycles. The van der Waals surface area contributed by atoms with Crippen LogP contribution in [0, 0.1) is 19.8 Å². The van der Waals surface area contributed by atoms with E-state index in [9.17, 15) is 18.3 Å². The molecule has 0 unspecified atom stereocenters. The van der Waals surface area contributed by atoms with E-state index < -0.39 is 39.2 Å². The van der Waals surface area contributed by atoms with Crippen molar-refractivity contribution in [3.63, 3.8) is 0 Å². The standard InChI is InChI=1S/C28H31NO4S2/c1-4-24-27(34-18-21-8-6-5-7-9-21)25(28(30)31)26(22-14-10-19(2)11-15-22)29(24)35(32,33)23-16-12-20(3)13-17-23/h5-17,24-27H,4,18H2,1-3H3,(H,30,31)/t24-,25+,26+,27-/m1/s1. The Labute approximate surface area is 212 Å². The zero-order chi connectivity index (χ0) is 25.2. The summed E-state index contributed by atoms with van der Waals surface area (Å²) in [6.45, 7) is 5.81. The molecular formula is C28H31NO4S2. The molecule has 0 spiro atoms. The molecule has 0 aliphatic carbocycles. The molecule has 4 atom stereocenters. The summed E-state index contributed by atoms with van der Waals surface area (Å²) in [5.41, 5.74) is 3.80. The number of nitrogens with zero attached hydrogens (tertiary/aromatic N) is 1. The van der Waals surface area contributed by atoms with Crippen molar-refractivity contribution in [2.45, 2.75) is 55.2 Å². The van der Waals surface area contributed by atoms with Crippen LogP contribution < -0.4 is 0 Å². The van der Waals surface area contributed by atoms with E-state index in [1.165, 1.54) is 16.1 Å². The zero-order valence-corrected chi connectivity index (χ0v) is 21.8. The predicted octanol–water partition coefficient (Wildman–Crippen LogP) is 5.83. The smallest absolute Gasteiger partial charge is 0.309 e. The molecule has 0 saturated carbocycles. The number of carbonyl (C=O) groups is 1. The summed E-state index contributed by atoms with van der Waals surface area (Å²) in [5.74, 6) is -1.23. The van der Waals surface area contributed by atoms with Crippen molar-refractivity contribution in [3.05, 3.63) is 101 Å². The fraction of sp³-hybridized carbons (Fsp3) is 0.321. The monoisotopic (exact) mass is 509 g/mol. The van der Waals surface area contributed by atoms with Crippen LogP contribution in [0.25, 0.3) is 0 Å². The van der Waals surface area contributed by atoms with Crippen LogP contribution in [0.1, 0.15) is 41.6 Å². The number of thioether (sulfide) groups is 1. The Kier molecular flexibility index (Phi) is 7.69. The van der Waals surface area contributed by atoms with Gasteiger partial charge in [0.2, 0.25) is 10.0 Å². The van der Waals surface area contributed by atoms with Crippen LogP contribution in [0.4, 0.5) is 0 Å². The summed E-state index contributed by atoms with van der Waals surface area (Å²) in [4.78, 5) is 12.9. The Hall–Kier alpha value is -2.61. The van der Waals surface area contributed by atoms with Crippen LogP contribution in [0.5, 0.6) is 0 Å². The Morgan fingerprint density at radius 1 is 0.914 bits per heavy atom. The van der Waals surface area contributed by atoms with Gasteiger partial charge in [0.05, 0.1) is 16.9 Å². The lowest BCUT2D eigenvalue weighted by Gasteiger charge is -2.30. The molecule has 0 aromatic heterocycles. The van der Waals surface area contributed by atoms with Crippen molar-refractivity contribution in [1.82, 2.24) is 4.31 Å². The molecule has 3 aromatic rings. The Bertz CT molecular complexity index is 1260. The van der Waals surface area contributed by atoms with Crippen LogP contribution in [0.2, 0.25) is 0 Å². The largest absolute Gasteiger partial charge is 0.481 e. The van der Waals surface area contributed by atoms with Gasteiger partial charge in [0, 0.05) is 17.0 Å². The second-order valence-electron chi connectivity index (χ2n) is 9.10. The average molecular weight is 510 g/mol. The van der Waals surface area contributed by atoms with E-state index in [1.807, 2.05) is 75.4 Å². The van der Waals surface area contributed by atoms with E-state index in [-0.39, 0.29) is 4.90 Å². The van der Waals surface area contributed by atoms with Gasteiger partial charge in [-0.25, -0.2) is 8.42 Å². The highest BCUT2D eigenvalue weighted by Crippen LogP contribution is 2.50. The third-order valence-corrected chi connectivity index (χ3v) is 10.1. The van der Waals surface area contributed by atoms with E-state index in [1.54, 1.807) is 24.3 Å². The maximum absolute atomic E-state index is 14.1. The fourth-order valence-electron chi connectivity index (χ4n) is 4.88. The van der Waals surface area contributed by atoms with E-state index in [0.29, 0.717) is 17.7 Å². The van der Waals surface area contributed by atoms with Crippen molar-refractivity contribution in [1.29, 1.82) is 0 Å². The van der Waals surface area contributed by atoms with Gasteiger partial charge in [0.25, 0.3) is 0 Å². The normalized spacial score (nSPS) is 22.8. The van der Waals surface area contributed by atoms with Crippen molar-refractivity contribution >= 4 is 27.8 Å². The molecule has 5 nitrogen and oxygen atoms in total. The van der Waals surface area contributed by atoms with E-state index in [2.05, 4.69) is 0 Å². The summed E-state index contributed by atoms with van der Waals surface area (Å²) in [5, 5.41) is 10.0. The number of benzene rings is 3. The Balaban J connectivity index is 1.83. The van der Waals surface area contributed by atoms with Gasteiger partial charge in [-0.05, 0) is 43.5 Å². The van der Waals surface area contributed by atoms with Crippen LogP contribution in [0.3, 0.4) is 0 Å². The average Bonchev–Trinajstić information content (AvgIpc) is 3.19. The maximum atomic E-state index is 14.1. The summed E-state index contributed by atoms with van der Waals surface area (Å²) in [7, 11) is -3.95. The summed E-state index contributed by atoms with van der Waals surface area (Å²) in [6, 6.07) is 23.0. The molecule has 1 N–H and O–H groups in total. The minimum absolute atomic E-state index is 0.191. The van der Waals surface area contributed by atoms with Gasteiger partial charge in [0.1, 0.15) is 0 Å². The lowest BCUT2D eigenvalue weighted by molar-refractivity contribution is -0.142.